The van der Waals surface area contributed by atoms with Crippen LogP contribution >= 0.6 is 0 Å². The molecule has 1 aliphatic heterocycles. The normalized spacial score (nSPS) is 14.5. The van der Waals surface area contributed by atoms with Crippen molar-refractivity contribution >= 4 is 17.6 Å². The first-order valence-electron chi connectivity index (χ1n) is 12.9. The number of hydrogen-bond acceptors (Lipinski definition) is 5. The fourth-order valence-electron chi connectivity index (χ4n) is 4.91. The SMILES string of the molecule is O=C(O)C1=CC(c2cc(C(=O)O)ccn2)NC(c2cc(-c3ccc(-c4ccccc4)n3-c3ccccc3)ccn2)=C1. The molecule has 1 atom stereocenters. The second-order valence-electron chi connectivity index (χ2n) is 9.45. The average molecular weight is 541 g/mol. The Morgan fingerprint density at radius 3 is 2.12 bits per heavy atom. The first kappa shape index (κ1) is 25.5. The van der Waals surface area contributed by atoms with Crippen LogP contribution in [0, 0.1) is 0 Å². The van der Waals surface area contributed by atoms with Gasteiger partial charge in [-0.3, -0.25) is 9.97 Å². The van der Waals surface area contributed by atoms with Crippen LogP contribution in [0.4, 0.5) is 0 Å². The Bertz CT molecular complexity index is 1820. The van der Waals surface area contributed by atoms with E-state index in [0.717, 1.165) is 28.2 Å². The second-order valence-corrected chi connectivity index (χ2v) is 9.45. The molecule has 0 amide bonds. The molecule has 41 heavy (non-hydrogen) atoms. The maximum Gasteiger partial charge on any atom is 0.335 e. The number of aromatic nitrogens is 3. The van der Waals surface area contributed by atoms with Gasteiger partial charge in [0.2, 0.25) is 0 Å². The second kappa shape index (κ2) is 10.8. The van der Waals surface area contributed by atoms with Gasteiger partial charge < -0.3 is 20.1 Å². The Kier molecular flexibility index (Phi) is 6.71. The predicted octanol–water partition coefficient (Wildman–Crippen LogP) is 6.00. The third-order valence-corrected chi connectivity index (χ3v) is 6.85. The van der Waals surface area contributed by atoms with Crippen molar-refractivity contribution in [1.82, 2.24) is 19.9 Å². The van der Waals surface area contributed by atoms with Crippen LogP contribution in [0.15, 0.2) is 127 Å². The summed E-state index contributed by atoms with van der Waals surface area (Å²) in [5.74, 6) is -2.20. The summed E-state index contributed by atoms with van der Waals surface area (Å²) in [7, 11) is 0. The Hall–Kier alpha value is -5.76. The summed E-state index contributed by atoms with van der Waals surface area (Å²) in [6.45, 7) is 0. The number of carboxylic acid groups (broad SMARTS) is 2. The van der Waals surface area contributed by atoms with Crippen LogP contribution < -0.4 is 5.32 Å². The largest absolute Gasteiger partial charge is 0.478 e. The molecule has 3 N–H and O–H groups in total. The highest BCUT2D eigenvalue weighted by molar-refractivity contribution is 5.94. The molecule has 1 unspecified atom stereocenters. The molecule has 8 heteroatoms. The number of dihydropyridines is 1. The molecule has 1 aliphatic rings. The number of aromatic carboxylic acids is 1. The molecule has 3 aromatic heterocycles. The number of aliphatic carboxylic acids is 1. The molecule has 0 saturated carbocycles. The summed E-state index contributed by atoms with van der Waals surface area (Å²) >= 11 is 0. The molecule has 2 aromatic carbocycles. The summed E-state index contributed by atoms with van der Waals surface area (Å²) in [5.41, 5.74) is 6.46. The van der Waals surface area contributed by atoms with Gasteiger partial charge in [-0.1, -0.05) is 48.5 Å². The van der Waals surface area contributed by atoms with E-state index in [2.05, 4.69) is 56.3 Å². The zero-order chi connectivity index (χ0) is 28.3. The number of carboxylic acids is 2. The number of rotatable bonds is 7. The molecule has 0 spiro atoms. The van der Waals surface area contributed by atoms with E-state index in [1.165, 1.54) is 30.5 Å². The highest BCUT2D eigenvalue weighted by Gasteiger charge is 2.23. The van der Waals surface area contributed by atoms with Crippen molar-refractivity contribution < 1.29 is 19.8 Å². The van der Waals surface area contributed by atoms with Crippen LogP contribution in [-0.2, 0) is 4.79 Å². The van der Waals surface area contributed by atoms with Gasteiger partial charge in [-0.05, 0) is 66.2 Å². The van der Waals surface area contributed by atoms with E-state index in [1.807, 2.05) is 48.5 Å². The highest BCUT2D eigenvalue weighted by Crippen LogP contribution is 2.34. The minimum atomic E-state index is -1.11. The van der Waals surface area contributed by atoms with Crippen molar-refractivity contribution in [1.29, 1.82) is 0 Å². The van der Waals surface area contributed by atoms with Crippen LogP contribution in [-0.4, -0.2) is 36.7 Å². The van der Waals surface area contributed by atoms with Crippen molar-refractivity contribution in [3.05, 3.63) is 144 Å². The van der Waals surface area contributed by atoms with Crippen LogP contribution in [0.5, 0.6) is 0 Å². The molecular formula is C33H24N4O4. The smallest absolute Gasteiger partial charge is 0.335 e. The van der Waals surface area contributed by atoms with E-state index in [-0.39, 0.29) is 11.1 Å². The number of nitrogens with zero attached hydrogens (tertiary/aromatic N) is 3. The molecular weight excluding hydrogens is 516 g/mol. The zero-order valence-corrected chi connectivity index (χ0v) is 21.7. The lowest BCUT2D eigenvalue weighted by molar-refractivity contribution is -0.132. The monoisotopic (exact) mass is 540 g/mol. The number of benzene rings is 2. The van der Waals surface area contributed by atoms with Crippen molar-refractivity contribution in [2.75, 3.05) is 0 Å². The van der Waals surface area contributed by atoms with Crippen molar-refractivity contribution in [3.63, 3.8) is 0 Å². The third kappa shape index (κ3) is 5.14. The van der Waals surface area contributed by atoms with Crippen LogP contribution in [0.2, 0.25) is 0 Å². The molecule has 200 valence electrons. The number of carbonyl (C=O) groups is 2. The van der Waals surface area contributed by atoms with E-state index in [9.17, 15) is 19.8 Å². The van der Waals surface area contributed by atoms with Crippen LogP contribution in [0.25, 0.3) is 33.9 Å². The van der Waals surface area contributed by atoms with Gasteiger partial charge in [-0.15, -0.1) is 0 Å². The van der Waals surface area contributed by atoms with Crippen molar-refractivity contribution in [2.24, 2.45) is 0 Å². The van der Waals surface area contributed by atoms with Gasteiger partial charge in [-0.2, -0.15) is 0 Å². The maximum absolute atomic E-state index is 12.0. The number of hydrogen-bond donors (Lipinski definition) is 3. The van der Waals surface area contributed by atoms with Crippen molar-refractivity contribution in [3.8, 4) is 28.2 Å². The van der Waals surface area contributed by atoms with Crippen molar-refractivity contribution in [2.45, 2.75) is 6.04 Å². The summed E-state index contributed by atoms with van der Waals surface area (Å²) in [5, 5.41) is 22.5. The van der Waals surface area contributed by atoms with Gasteiger partial charge in [0.1, 0.15) is 0 Å². The minimum absolute atomic E-state index is 0.0532. The topological polar surface area (TPSA) is 117 Å². The number of nitrogens with one attached hydrogen (secondary N) is 1. The first-order valence-corrected chi connectivity index (χ1v) is 12.9. The molecule has 0 fully saturated rings. The first-order chi connectivity index (χ1) is 20.0. The van der Waals surface area contributed by atoms with Gasteiger partial charge in [-0.25, -0.2) is 9.59 Å². The molecule has 6 rings (SSSR count). The summed E-state index contributed by atoms with van der Waals surface area (Å²) < 4.78 is 2.18. The zero-order valence-electron chi connectivity index (χ0n) is 21.7. The van der Waals surface area contributed by atoms with E-state index < -0.39 is 18.0 Å². The summed E-state index contributed by atoms with van der Waals surface area (Å²) in [4.78, 5) is 32.4. The highest BCUT2D eigenvalue weighted by atomic mass is 16.4. The molecule has 4 heterocycles. The van der Waals surface area contributed by atoms with Gasteiger partial charge in [0.05, 0.1) is 45.7 Å². The van der Waals surface area contributed by atoms with E-state index in [0.29, 0.717) is 17.1 Å². The fourth-order valence-corrected chi connectivity index (χ4v) is 4.91. The molecule has 8 nitrogen and oxygen atoms in total. The minimum Gasteiger partial charge on any atom is -0.478 e. The van der Waals surface area contributed by atoms with E-state index in [4.69, 9.17) is 0 Å². The molecule has 0 aliphatic carbocycles. The van der Waals surface area contributed by atoms with Gasteiger partial charge in [0, 0.05) is 23.6 Å². The molecule has 5 aromatic rings. The lowest BCUT2D eigenvalue weighted by Gasteiger charge is -2.23. The van der Waals surface area contributed by atoms with Gasteiger partial charge >= 0.3 is 11.9 Å². The Labute approximate surface area is 235 Å². The fraction of sp³-hybridized carbons (Fsp3) is 0.0303. The Morgan fingerprint density at radius 2 is 1.41 bits per heavy atom. The lowest BCUT2D eigenvalue weighted by atomic mass is 10.00. The summed E-state index contributed by atoms with van der Waals surface area (Å²) in [6.07, 6.45) is 6.12. The standard InChI is InChI=1S/C33H24N4O4/c38-32(39)23-14-16-35-27(18-23)29-20-24(33(40)41)19-28(36-29)26-17-22(13-15-34-26)31-12-11-30(21-7-3-1-4-8-21)37(31)25-9-5-2-6-10-25/h1-20,29,36H,(H,38,39)(H,40,41). The number of para-hydroxylation sites is 1. The van der Waals surface area contributed by atoms with Gasteiger partial charge in [0.25, 0.3) is 0 Å². The van der Waals surface area contributed by atoms with Crippen LogP contribution in [0.1, 0.15) is 27.8 Å². The van der Waals surface area contributed by atoms with E-state index >= 15 is 0 Å². The maximum atomic E-state index is 12.0. The third-order valence-electron chi connectivity index (χ3n) is 6.85. The molecule has 0 radical (unpaired) electrons. The Morgan fingerprint density at radius 1 is 0.732 bits per heavy atom. The van der Waals surface area contributed by atoms with E-state index in [1.54, 1.807) is 6.20 Å². The summed E-state index contributed by atoms with van der Waals surface area (Å²) in [6, 6.07) is 30.3. The average Bonchev–Trinajstić information content (AvgIpc) is 3.47. The molecule has 0 bridgehead atoms. The van der Waals surface area contributed by atoms with Gasteiger partial charge in [0.15, 0.2) is 0 Å². The van der Waals surface area contributed by atoms with Crippen LogP contribution in [0.3, 0.4) is 0 Å². The Balaban J connectivity index is 1.43. The predicted molar refractivity (Wildman–Crippen MR) is 155 cm³/mol. The lowest BCUT2D eigenvalue weighted by Crippen LogP contribution is -2.25. The number of pyridine rings is 2. The quantitative estimate of drug-likeness (QED) is 0.232. The molecule has 0 saturated heterocycles.